The first-order valence-corrected chi connectivity index (χ1v) is 8.00. The first-order valence-electron chi connectivity index (χ1n) is 8.00. The topological polar surface area (TPSA) is 90.8 Å². The molecule has 8 heteroatoms. The number of nitrogens with one attached hydrogen (secondary N) is 2. The van der Waals surface area contributed by atoms with E-state index in [2.05, 4.69) is 10.6 Å². The first kappa shape index (κ1) is 19.2. The van der Waals surface area contributed by atoms with E-state index in [1.807, 2.05) is 6.92 Å². The third-order valence-electron chi connectivity index (χ3n) is 3.77. The maximum Gasteiger partial charge on any atom is 0.319 e. The van der Waals surface area contributed by atoms with Crippen molar-refractivity contribution < 1.29 is 19.0 Å². The van der Waals surface area contributed by atoms with Crippen molar-refractivity contribution in [2.75, 3.05) is 33.2 Å². The molecule has 0 bridgehead atoms. The molecule has 0 atom stereocenters. The lowest BCUT2D eigenvalue weighted by atomic mass is 10.3. The number of carbonyl (C=O) groups is 1. The van der Waals surface area contributed by atoms with Crippen LogP contribution in [-0.4, -0.2) is 38.5 Å². The summed E-state index contributed by atoms with van der Waals surface area (Å²) in [5.74, 6) is 1.65. The van der Waals surface area contributed by atoms with Crippen LogP contribution in [0.25, 0.3) is 0 Å². The van der Waals surface area contributed by atoms with Gasteiger partial charge in [-0.05, 0) is 13.0 Å². The van der Waals surface area contributed by atoms with Crippen LogP contribution < -0.4 is 30.4 Å². The Balaban J connectivity index is 1.95. The summed E-state index contributed by atoms with van der Waals surface area (Å²) in [6.45, 7) is 2.45. The van der Waals surface area contributed by atoms with Gasteiger partial charge in [-0.2, -0.15) is 0 Å². The molecule has 26 heavy (non-hydrogen) atoms. The third-order valence-corrected chi connectivity index (χ3v) is 3.77. The summed E-state index contributed by atoms with van der Waals surface area (Å²) in [6.07, 6.45) is 0. The Morgan fingerprint density at radius 2 is 1.54 bits per heavy atom. The van der Waals surface area contributed by atoms with E-state index in [0.717, 1.165) is 5.69 Å². The second-order valence-electron chi connectivity index (χ2n) is 5.51. The van der Waals surface area contributed by atoms with Crippen molar-refractivity contribution in [3.05, 3.63) is 46.4 Å². The molecule has 2 rings (SSSR count). The molecule has 1 aromatic carbocycles. The Kier molecular flexibility index (Phi) is 6.48. The molecule has 1 heterocycles. The van der Waals surface area contributed by atoms with Crippen LogP contribution in [0, 0.1) is 6.92 Å². The van der Waals surface area contributed by atoms with Crippen molar-refractivity contribution in [1.29, 1.82) is 0 Å². The van der Waals surface area contributed by atoms with Gasteiger partial charge in [-0.3, -0.25) is 4.79 Å². The molecule has 0 aliphatic carbocycles. The Bertz CT molecular complexity index is 810. The molecule has 1 aromatic heterocycles. The van der Waals surface area contributed by atoms with E-state index >= 15 is 0 Å². The minimum Gasteiger partial charge on any atom is -0.497 e. The second kappa shape index (κ2) is 8.80. The second-order valence-corrected chi connectivity index (χ2v) is 5.51. The molecule has 0 radical (unpaired) electrons. The van der Waals surface area contributed by atoms with Gasteiger partial charge in [-0.1, -0.05) is 0 Å². The number of carbonyl (C=O) groups excluding carboxylic acids is 1. The average Bonchev–Trinajstić information content (AvgIpc) is 2.63. The van der Waals surface area contributed by atoms with Crippen LogP contribution in [0.15, 0.2) is 35.1 Å². The summed E-state index contributed by atoms with van der Waals surface area (Å²) in [5.41, 5.74) is 1.12. The number of amides is 2. The van der Waals surface area contributed by atoms with Gasteiger partial charge in [-0.15, -0.1) is 0 Å². The van der Waals surface area contributed by atoms with Gasteiger partial charge in [-0.25, -0.2) is 4.79 Å². The number of aryl methyl sites for hydroxylation is 1. The van der Waals surface area contributed by atoms with Crippen LogP contribution >= 0.6 is 0 Å². The highest BCUT2D eigenvalue weighted by molar-refractivity contribution is 5.89. The zero-order chi connectivity index (χ0) is 19.1. The number of anilines is 1. The predicted octanol–water partition coefficient (Wildman–Crippen LogP) is 2.00. The fourth-order valence-electron chi connectivity index (χ4n) is 2.44. The Morgan fingerprint density at radius 3 is 2.08 bits per heavy atom. The maximum atomic E-state index is 12.1. The standard InChI is InChI=1S/C18H23N3O5/c1-12-7-14(24-2)11-17(22)21(12)6-5-19-18(23)20-13-8-15(25-3)10-16(9-13)26-4/h7-11H,5-6H2,1-4H3,(H2,19,20,23). The molecule has 2 aromatic rings. The summed E-state index contributed by atoms with van der Waals surface area (Å²) in [7, 11) is 4.58. The van der Waals surface area contributed by atoms with Crippen LogP contribution in [0.5, 0.6) is 17.2 Å². The van der Waals surface area contributed by atoms with Crippen LogP contribution in [0.4, 0.5) is 10.5 Å². The SMILES string of the molecule is COc1cc(NC(=O)NCCn2c(C)cc(OC)cc2=O)cc(OC)c1. The average molecular weight is 361 g/mol. The summed E-state index contributed by atoms with van der Waals surface area (Å²) >= 11 is 0. The number of aromatic nitrogens is 1. The van der Waals surface area contributed by atoms with Crippen LogP contribution in [0.2, 0.25) is 0 Å². The zero-order valence-corrected chi connectivity index (χ0v) is 15.3. The third kappa shape index (κ3) is 4.92. The summed E-state index contributed by atoms with van der Waals surface area (Å²) in [6, 6.07) is 7.86. The van der Waals surface area contributed by atoms with E-state index in [9.17, 15) is 9.59 Å². The van der Waals surface area contributed by atoms with E-state index in [-0.39, 0.29) is 11.6 Å². The number of urea groups is 1. The number of ether oxygens (including phenoxy) is 3. The molecule has 2 N–H and O–H groups in total. The van der Waals surface area contributed by atoms with Gasteiger partial charge >= 0.3 is 6.03 Å². The normalized spacial score (nSPS) is 10.2. The Labute approximate surface area is 151 Å². The number of benzene rings is 1. The van der Waals surface area contributed by atoms with Gasteiger partial charge in [0.05, 0.1) is 21.3 Å². The quantitative estimate of drug-likeness (QED) is 0.787. The van der Waals surface area contributed by atoms with Gasteiger partial charge in [0.2, 0.25) is 0 Å². The lowest BCUT2D eigenvalue weighted by Gasteiger charge is -2.13. The van der Waals surface area contributed by atoms with Crippen molar-refractivity contribution >= 4 is 11.7 Å². The molecule has 0 unspecified atom stereocenters. The Hall–Kier alpha value is -3.16. The molecule has 0 saturated heterocycles. The molecule has 2 amide bonds. The van der Waals surface area contributed by atoms with E-state index in [1.165, 1.54) is 27.4 Å². The number of methoxy groups -OCH3 is 3. The lowest BCUT2D eigenvalue weighted by Crippen LogP contribution is -2.34. The zero-order valence-electron chi connectivity index (χ0n) is 15.3. The number of nitrogens with zero attached hydrogens (tertiary/aromatic N) is 1. The van der Waals surface area contributed by atoms with Gasteiger partial charge in [0.1, 0.15) is 17.2 Å². The number of rotatable bonds is 7. The number of hydrogen-bond acceptors (Lipinski definition) is 5. The van der Waals surface area contributed by atoms with Gasteiger partial charge in [0, 0.05) is 48.7 Å². The van der Waals surface area contributed by atoms with Crippen molar-refractivity contribution in [3.63, 3.8) is 0 Å². The fraction of sp³-hybridized carbons (Fsp3) is 0.333. The lowest BCUT2D eigenvalue weighted by molar-refractivity contribution is 0.251. The number of pyridine rings is 1. The molecule has 0 spiro atoms. The summed E-state index contributed by atoms with van der Waals surface area (Å²) < 4.78 is 17.0. The maximum absolute atomic E-state index is 12.1. The van der Waals surface area contributed by atoms with Crippen molar-refractivity contribution in [1.82, 2.24) is 9.88 Å². The molecule has 0 saturated carbocycles. The van der Waals surface area contributed by atoms with Crippen molar-refractivity contribution in [2.24, 2.45) is 0 Å². The molecule has 0 fully saturated rings. The van der Waals surface area contributed by atoms with Crippen LogP contribution in [0.1, 0.15) is 5.69 Å². The molecule has 8 nitrogen and oxygen atoms in total. The predicted molar refractivity (Wildman–Crippen MR) is 98.6 cm³/mol. The highest BCUT2D eigenvalue weighted by Crippen LogP contribution is 2.25. The Morgan fingerprint density at radius 1 is 0.962 bits per heavy atom. The van der Waals surface area contributed by atoms with Crippen molar-refractivity contribution in [2.45, 2.75) is 13.5 Å². The first-order chi connectivity index (χ1) is 12.5. The van der Waals surface area contributed by atoms with Crippen LogP contribution in [0.3, 0.4) is 0 Å². The molecular formula is C18H23N3O5. The summed E-state index contributed by atoms with van der Waals surface area (Å²) in [5, 5.41) is 5.42. The highest BCUT2D eigenvalue weighted by atomic mass is 16.5. The molecule has 140 valence electrons. The smallest absolute Gasteiger partial charge is 0.319 e. The van der Waals surface area contributed by atoms with Crippen molar-refractivity contribution in [3.8, 4) is 17.2 Å². The van der Waals surface area contributed by atoms with Crippen LogP contribution in [-0.2, 0) is 6.54 Å². The highest BCUT2D eigenvalue weighted by Gasteiger charge is 2.07. The van der Waals surface area contributed by atoms with E-state index in [4.69, 9.17) is 14.2 Å². The minimum absolute atomic E-state index is 0.179. The monoisotopic (exact) mass is 361 g/mol. The van der Waals surface area contributed by atoms with E-state index in [1.54, 1.807) is 28.8 Å². The van der Waals surface area contributed by atoms with Gasteiger partial charge < -0.3 is 29.4 Å². The molecule has 0 aliphatic rings. The largest absolute Gasteiger partial charge is 0.497 e. The summed E-state index contributed by atoms with van der Waals surface area (Å²) in [4.78, 5) is 24.1. The molecule has 0 aliphatic heterocycles. The molecular weight excluding hydrogens is 338 g/mol. The van der Waals surface area contributed by atoms with E-state index in [0.29, 0.717) is 36.0 Å². The fourth-order valence-corrected chi connectivity index (χ4v) is 2.44. The minimum atomic E-state index is -0.389. The van der Waals surface area contributed by atoms with E-state index < -0.39 is 0 Å². The number of hydrogen-bond donors (Lipinski definition) is 2. The van der Waals surface area contributed by atoms with Gasteiger partial charge in [0.25, 0.3) is 5.56 Å². The van der Waals surface area contributed by atoms with Gasteiger partial charge in [0.15, 0.2) is 0 Å².